The lowest BCUT2D eigenvalue weighted by atomic mass is 10.1. The van der Waals surface area contributed by atoms with Crippen LogP contribution in [-0.2, 0) is 18.4 Å². The number of imidazole rings is 1. The third-order valence-corrected chi connectivity index (χ3v) is 6.84. The maximum absolute atomic E-state index is 10.8. The van der Waals surface area contributed by atoms with Gasteiger partial charge in [0, 0.05) is 36.3 Å². The van der Waals surface area contributed by atoms with Crippen LogP contribution < -0.4 is 0 Å². The van der Waals surface area contributed by atoms with Gasteiger partial charge in [0.2, 0.25) is 0 Å². The molecule has 0 radical (unpaired) electrons. The van der Waals surface area contributed by atoms with Crippen molar-refractivity contribution >= 4 is 51.3 Å². The monoisotopic (exact) mass is 441 g/mol. The van der Waals surface area contributed by atoms with E-state index >= 15 is 0 Å². The first-order valence-electron chi connectivity index (χ1n) is 9.89. The Morgan fingerprint density at radius 3 is 2.73 bits per heavy atom. The van der Waals surface area contributed by atoms with Gasteiger partial charge < -0.3 is 14.2 Å². The van der Waals surface area contributed by atoms with Gasteiger partial charge in [-0.15, -0.1) is 0 Å². The maximum Gasteiger partial charge on any atom is 0.303 e. The molecule has 4 aromatic rings. The van der Waals surface area contributed by atoms with Gasteiger partial charge >= 0.3 is 5.97 Å². The highest BCUT2D eigenvalue weighted by Gasteiger charge is 2.17. The molecule has 2 aromatic heterocycles. The van der Waals surface area contributed by atoms with Crippen LogP contribution in [0.3, 0.4) is 0 Å². The standard InChI is InChI=1S/C23H24ClN3O2S/c1-14-10-18-20(11-15(14)2)27(23(25-18)30-9-5-8-21(28)29)13-16-12-26(3)19-7-4-6-17(24)22(16)19/h4,6-7,10-12H,5,8-9,13H2,1-3H3,(H,28,29). The molecule has 0 saturated heterocycles. The molecule has 0 amide bonds. The number of hydrogen-bond donors (Lipinski definition) is 1. The second kappa shape index (κ2) is 8.36. The highest BCUT2D eigenvalue weighted by atomic mass is 35.5. The van der Waals surface area contributed by atoms with Crippen molar-refractivity contribution in [2.45, 2.75) is 38.4 Å². The first-order valence-corrected chi connectivity index (χ1v) is 11.3. The van der Waals surface area contributed by atoms with E-state index in [1.165, 1.54) is 11.1 Å². The van der Waals surface area contributed by atoms with Crippen LogP contribution in [0, 0.1) is 13.8 Å². The van der Waals surface area contributed by atoms with Crippen molar-refractivity contribution in [2.24, 2.45) is 7.05 Å². The Morgan fingerprint density at radius 1 is 1.20 bits per heavy atom. The molecule has 2 aromatic carbocycles. The number of halogens is 1. The highest BCUT2D eigenvalue weighted by Crippen LogP contribution is 2.32. The number of hydrogen-bond acceptors (Lipinski definition) is 3. The van der Waals surface area contributed by atoms with E-state index in [0.29, 0.717) is 18.7 Å². The maximum atomic E-state index is 10.8. The zero-order valence-electron chi connectivity index (χ0n) is 17.3. The fourth-order valence-electron chi connectivity index (χ4n) is 3.79. The number of rotatable bonds is 7. The van der Waals surface area contributed by atoms with Crippen LogP contribution in [-0.4, -0.2) is 30.9 Å². The molecule has 0 aliphatic carbocycles. The number of aryl methyl sites for hydroxylation is 3. The van der Waals surface area contributed by atoms with Crippen molar-refractivity contribution in [2.75, 3.05) is 5.75 Å². The predicted molar refractivity (Wildman–Crippen MR) is 124 cm³/mol. The fourth-order valence-corrected chi connectivity index (χ4v) is 5.03. The number of carbonyl (C=O) groups is 1. The molecule has 0 bridgehead atoms. The van der Waals surface area contributed by atoms with E-state index in [2.05, 4.69) is 47.4 Å². The molecule has 0 aliphatic heterocycles. The van der Waals surface area contributed by atoms with Crippen LogP contribution in [0.4, 0.5) is 0 Å². The second-order valence-corrected chi connectivity index (χ2v) is 9.12. The smallest absolute Gasteiger partial charge is 0.303 e. The van der Waals surface area contributed by atoms with Gasteiger partial charge in [-0.3, -0.25) is 4.79 Å². The number of fused-ring (bicyclic) bond motifs is 2. The van der Waals surface area contributed by atoms with Gasteiger partial charge in [0.25, 0.3) is 0 Å². The summed E-state index contributed by atoms with van der Waals surface area (Å²) >= 11 is 8.16. The van der Waals surface area contributed by atoms with Gasteiger partial charge in [0.05, 0.1) is 22.6 Å². The Labute approximate surface area is 184 Å². The molecule has 5 nitrogen and oxygen atoms in total. The average Bonchev–Trinajstić information content (AvgIpc) is 3.18. The Bertz CT molecular complexity index is 1260. The van der Waals surface area contributed by atoms with Gasteiger partial charge in [0.15, 0.2) is 5.16 Å². The Balaban J connectivity index is 1.77. The third kappa shape index (κ3) is 3.94. The lowest BCUT2D eigenvalue weighted by molar-refractivity contribution is -0.137. The average molecular weight is 442 g/mol. The van der Waals surface area contributed by atoms with Crippen molar-refractivity contribution < 1.29 is 9.90 Å². The van der Waals surface area contributed by atoms with Crippen LogP contribution in [0.15, 0.2) is 41.7 Å². The van der Waals surface area contributed by atoms with Crippen LogP contribution >= 0.6 is 23.4 Å². The number of thioether (sulfide) groups is 1. The molecular weight excluding hydrogens is 418 g/mol. The molecule has 2 heterocycles. The lowest BCUT2D eigenvalue weighted by Gasteiger charge is -2.10. The van der Waals surface area contributed by atoms with Crippen molar-refractivity contribution in [1.29, 1.82) is 0 Å². The van der Waals surface area contributed by atoms with Gasteiger partial charge in [0.1, 0.15) is 0 Å². The quantitative estimate of drug-likeness (QED) is 0.290. The van der Waals surface area contributed by atoms with Gasteiger partial charge in [-0.2, -0.15) is 0 Å². The Morgan fingerprint density at radius 2 is 1.97 bits per heavy atom. The molecule has 0 aliphatic rings. The SMILES string of the molecule is Cc1cc2nc(SCCCC(=O)O)n(Cc3cn(C)c4cccc(Cl)c34)c2cc1C. The summed E-state index contributed by atoms with van der Waals surface area (Å²) in [6.45, 7) is 4.86. The van der Waals surface area contributed by atoms with Crippen molar-refractivity contribution in [1.82, 2.24) is 14.1 Å². The van der Waals surface area contributed by atoms with Crippen molar-refractivity contribution in [3.63, 3.8) is 0 Å². The van der Waals surface area contributed by atoms with E-state index in [1.54, 1.807) is 11.8 Å². The summed E-state index contributed by atoms with van der Waals surface area (Å²) < 4.78 is 4.33. The number of carboxylic acids is 1. The zero-order valence-corrected chi connectivity index (χ0v) is 18.8. The predicted octanol–water partition coefficient (Wildman–Crippen LogP) is 5.80. The van der Waals surface area contributed by atoms with Crippen LogP contribution in [0.1, 0.15) is 29.5 Å². The van der Waals surface area contributed by atoms with Gasteiger partial charge in [-0.25, -0.2) is 4.98 Å². The Hall–Kier alpha value is -2.44. The van der Waals surface area contributed by atoms with Crippen LogP contribution in [0.2, 0.25) is 5.02 Å². The largest absolute Gasteiger partial charge is 0.481 e. The summed E-state index contributed by atoms with van der Waals surface area (Å²) in [7, 11) is 2.03. The van der Waals surface area contributed by atoms with Crippen molar-refractivity contribution in [3.05, 3.63) is 58.2 Å². The van der Waals surface area contributed by atoms with E-state index in [-0.39, 0.29) is 6.42 Å². The zero-order chi connectivity index (χ0) is 21.4. The topological polar surface area (TPSA) is 60.0 Å². The molecular formula is C23H24ClN3O2S. The summed E-state index contributed by atoms with van der Waals surface area (Å²) in [5, 5.41) is 11.6. The summed E-state index contributed by atoms with van der Waals surface area (Å²) in [5.41, 5.74) is 6.73. The van der Waals surface area contributed by atoms with E-state index in [4.69, 9.17) is 21.7 Å². The minimum absolute atomic E-state index is 0.171. The summed E-state index contributed by atoms with van der Waals surface area (Å²) in [6.07, 6.45) is 2.91. The fraction of sp³-hybridized carbons (Fsp3) is 0.304. The third-order valence-electron chi connectivity index (χ3n) is 5.47. The first kappa shape index (κ1) is 20.8. The van der Waals surface area contributed by atoms with E-state index in [0.717, 1.165) is 37.7 Å². The number of benzene rings is 2. The van der Waals surface area contributed by atoms with Crippen LogP contribution in [0.25, 0.3) is 21.9 Å². The number of carboxylic acid groups (broad SMARTS) is 1. The number of aliphatic carboxylic acids is 1. The van der Waals surface area contributed by atoms with Gasteiger partial charge in [-0.1, -0.05) is 29.4 Å². The lowest BCUT2D eigenvalue weighted by Crippen LogP contribution is -2.02. The number of aromatic nitrogens is 3. The molecule has 7 heteroatoms. The molecule has 30 heavy (non-hydrogen) atoms. The highest BCUT2D eigenvalue weighted by molar-refractivity contribution is 7.99. The molecule has 156 valence electrons. The number of nitrogens with zero attached hydrogens (tertiary/aromatic N) is 3. The van der Waals surface area contributed by atoms with Gasteiger partial charge in [-0.05, 0) is 61.2 Å². The van der Waals surface area contributed by atoms with E-state index in [1.807, 2.05) is 19.2 Å². The summed E-state index contributed by atoms with van der Waals surface area (Å²) in [4.78, 5) is 15.7. The Kier molecular flexibility index (Phi) is 5.80. The van der Waals surface area contributed by atoms with Crippen molar-refractivity contribution in [3.8, 4) is 0 Å². The molecule has 0 saturated carbocycles. The summed E-state index contributed by atoms with van der Waals surface area (Å²) in [5.74, 6) is -0.0510. The molecule has 0 atom stereocenters. The molecule has 0 fully saturated rings. The summed E-state index contributed by atoms with van der Waals surface area (Å²) in [6, 6.07) is 10.3. The molecule has 0 spiro atoms. The second-order valence-electron chi connectivity index (χ2n) is 7.65. The molecule has 4 rings (SSSR count). The molecule has 1 N–H and O–H groups in total. The van der Waals surface area contributed by atoms with E-state index in [9.17, 15) is 4.79 Å². The minimum Gasteiger partial charge on any atom is -0.481 e. The normalized spacial score (nSPS) is 11.6. The van der Waals surface area contributed by atoms with E-state index < -0.39 is 5.97 Å². The minimum atomic E-state index is -0.763. The van der Waals surface area contributed by atoms with Crippen LogP contribution in [0.5, 0.6) is 0 Å². The molecule has 0 unspecified atom stereocenters. The first-order chi connectivity index (χ1) is 14.3.